The van der Waals surface area contributed by atoms with Crippen LogP contribution in [0.4, 0.5) is 13.2 Å². The highest BCUT2D eigenvalue weighted by molar-refractivity contribution is 7.09. The van der Waals surface area contributed by atoms with E-state index >= 15 is 0 Å². The molecule has 196 valence electrons. The molecule has 0 aliphatic carbocycles. The van der Waals surface area contributed by atoms with Crippen LogP contribution in [0.3, 0.4) is 0 Å². The van der Waals surface area contributed by atoms with Gasteiger partial charge in [-0.05, 0) is 51.4 Å². The first-order chi connectivity index (χ1) is 17.2. The van der Waals surface area contributed by atoms with Crippen molar-refractivity contribution in [2.24, 2.45) is 5.92 Å². The second kappa shape index (κ2) is 11.7. The number of halogens is 3. The number of benzene rings is 1. The third kappa shape index (κ3) is 7.04. The Kier molecular flexibility index (Phi) is 8.63. The molecule has 2 aromatic rings. The number of carbonyl (C=O) groups is 2. The van der Waals surface area contributed by atoms with Gasteiger partial charge in [-0.25, -0.2) is 4.98 Å². The minimum absolute atomic E-state index is 0.0404. The summed E-state index contributed by atoms with van der Waals surface area (Å²) in [7, 11) is 2.05. The van der Waals surface area contributed by atoms with Crippen LogP contribution in [0.25, 0.3) is 11.3 Å². The van der Waals surface area contributed by atoms with Crippen LogP contribution in [0.2, 0.25) is 0 Å². The number of likely N-dealkylation sites (tertiary alicyclic amines) is 2. The Labute approximate surface area is 212 Å². The van der Waals surface area contributed by atoms with Gasteiger partial charge in [-0.15, -0.1) is 11.3 Å². The van der Waals surface area contributed by atoms with Crippen LogP contribution < -0.4 is 5.32 Å². The normalized spacial score (nSPS) is 21.4. The number of aromatic nitrogens is 1. The van der Waals surface area contributed by atoms with E-state index in [2.05, 4.69) is 15.2 Å². The molecule has 2 fully saturated rings. The fourth-order valence-electron chi connectivity index (χ4n) is 4.61. The van der Waals surface area contributed by atoms with Crippen LogP contribution in [0, 0.1) is 5.92 Å². The molecule has 4 rings (SSSR count). The SMILES string of the molecule is CN1CCC[C@H](OCC(=O)N2CCC[C@H](C(=O)NCc3nc(-c4ccc(C(F)(F)F)cc4)cs3)C2)C1. The topological polar surface area (TPSA) is 74.8 Å². The second-order valence-electron chi connectivity index (χ2n) is 9.44. The lowest BCUT2D eigenvalue weighted by molar-refractivity contribution is -0.142. The summed E-state index contributed by atoms with van der Waals surface area (Å²) in [5.74, 6) is -0.506. The average molecular weight is 525 g/mol. The van der Waals surface area contributed by atoms with Crippen molar-refractivity contribution >= 4 is 23.2 Å². The van der Waals surface area contributed by atoms with E-state index in [1.165, 1.54) is 23.5 Å². The minimum atomic E-state index is -4.38. The molecule has 0 radical (unpaired) electrons. The van der Waals surface area contributed by atoms with E-state index < -0.39 is 11.7 Å². The molecular weight excluding hydrogens is 493 g/mol. The van der Waals surface area contributed by atoms with Crippen LogP contribution in [0.5, 0.6) is 0 Å². The zero-order valence-electron chi connectivity index (χ0n) is 20.2. The maximum Gasteiger partial charge on any atom is 0.416 e. The van der Waals surface area contributed by atoms with Crippen LogP contribution in [-0.4, -0.2) is 72.5 Å². The highest BCUT2D eigenvalue weighted by atomic mass is 32.1. The molecule has 3 heterocycles. The zero-order valence-corrected chi connectivity index (χ0v) is 21.0. The van der Waals surface area contributed by atoms with Crippen molar-refractivity contribution < 1.29 is 27.5 Å². The van der Waals surface area contributed by atoms with Gasteiger partial charge in [-0.1, -0.05) is 12.1 Å². The van der Waals surface area contributed by atoms with E-state index in [9.17, 15) is 22.8 Å². The Hall–Kier alpha value is -2.50. The smallest absolute Gasteiger partial charge is 0.367 e. The Bertz CT molecular complexity index is 1040. The number of hydrogen-bond acceptors (Lipinski definition) is 6. The van der Waals surface area contributed by atoms with Crippen LogP contribution in [-0.2, 0) is 27.0 Å². The van der Waals surface area contributed by atoms with Gasteiger partial charge in [0, 0.05) is 30.6 Å². The fourth-order valence-corrected chi connectivity index (χ4v) is 5.36. The number of nitrogens with one attached hydrogen (secondary N) is 1. The van der Waals surface area contributed by atoms with Crippen molar-refractivity contribution in [3.8, 4) is 11.3 Å². The Balaban J connectivity index is 1.24. The molecule has 2 amide bonds. The van der Waals surface area contributed by atoms with Gasteiger partial charge >= 0.3 is 6.18 Å². The zero-order chi connectivity index (χ0) is 25.7. The number of likely N-dealkylation sites (N-methyl/N-ethyl adjacent to an activating group) is 1. The van der Waals surface area contributed by atoms with Crippen molar-refractivity contribution in [3.63, 3.8) is 0 Å². The summed E-state index contributed by atoms with van der Waals surface area (Å²) < 4.78 is 44.1. The number of thiazole rings is 1. The molecule has 11 heteroatoms. The predicted octanol–water partition coefficient (Wildman–Crippen LogP) is 3.79. The summed E-state index contributed by atoms with van der Waals surface area (Å²) >= 11 is 1.34. The molecule has 2 aliphatic heterocycles. The number of nitrogens with zero attached hydrogens (tertiary/aromatic N) is 3. The van der Waals surface area contributed by atoms with Crippen molar-refractivity contribution in [3.05, 3.63) is 40.2 Å². The Morgan fingerprint density at radius 2 is 1.89 bits per heavy atom. The number of carbonyl (C=O) groups excluding carboxylic acids is 2. The molecule has 2 saturated heterocycles. The first kappa shape index (κ1) is 26.6. The third-order valence-electron chi connectivity index (χ3n) is 6.64. The molecule has 0 spiro atoms. The van der Waals surface area contributed by atoms with E-state index in [1.807, 2.05) is 7.05 Å². The minimum Gasteiger partial charge on any atom is -0.367 e. The molecule has 7 nitrogen and oxygen atoms in total. The van der Waals surface area contributed by atoms with Crippen molar-refractivity contribution in [1.82, 2.24) is 20.1 Å². The van der Waals surface area contributed by atoms with Crippen LogP contribution in [0.1, 0.15) is 36.3 Å². The number of rotatable bonds is 7. The van der Waals surface area contributed by atoms with Gasteiger partial charge in [0.1, 0.15) is 11.6 Å². The second-order valence-corrected chi connectivity index (χ2v) is 10.4. The molecule has 0 unspecified atom stereocenters. The fraction of sp³-hybridized carbons (Fsp3) is 0.560. The molecule has 2 aliphatic rings. The quantitative estimate of drug-likeness (QED) is 0.597. The first-order valence-corrected chi connectivity index (χ1v) is 13.0. The van der Waals surface area contributed by atoms with E-state index in [-0.39, 0.29) is 37.0 Å². The van der Waals surface area contributed by atoms with Gasteiger partial charge in [0.05, 0.1) is 29.8 Å². The monoisotopic (exact) mass is 524 g/mol. The summed E-state index contributed by atoms with van der Waals surface area (Å²) in [6.07, 6.45) is -0.826. The Morgan fingerprint density at radius 3 is 2.61 bits per heavy atom. The maximum absolute atomic E-state index is 12.8. The van der Waals surface area contributed by atoms with Gasteiger partial charge in [-0.2, -0.15) is 13.2 Å². The lowest BCUT2D eigenvalue weighted by atomic mass is 9.97. The summed E-state index contributed by atoms with van der Waals surface area (Å²) in [5.41, 5.74) is 0.444. The molecule has 1 N–H and O–H groups in total. The average Bonchev–Trinajstić information content (AvgIpc) is 3.35. The molecule has 2 atom stereocenters. The number of hydrogen-bond donors (Lipinski definition) is 1. The van der Waals surface area contributed by atoms with E-state index in [1.54, 1.807) is 10.3 Å². The largest absolute Gasteiger partial charge is 0.416 e. The van der Waals surface area contributed by atoms with Crippen molar-refractivity contribution in [1.29, 1.82) is 0 Å². The molecule has 1 aromatic heterocycles. The predicted molar refractivity (Wildman–Crippen MR) is 130 cm³/mol. The number of ether oxygens (including phenoxy) is 1. The number of piperidine rings is 2. The summed E-state index contributed by atoms with van der Waals surface area (Å²) in [6, 6.07) is 4.85. The van der Waals surface area contributed by atoms with Crippen molar-refractivity contribution in [2.45, 2.75) is 44.5 Å². The van der Waals surface area contributed by atoms with Gasteiger partial charge in [0.15, 0.2) is 0 Å². The van der Waals surface area contributed by atoms with Crippen molar-refractivity contribution in [2.75, 3.05) is 39.8 Å². The van der Waals surface area contributed by atoms with Crippen LogP contribution in [0.15, 0.2) is 29.6 Å². The molecule has 36 heavy (non-hydrogen) atoms. The lowest BCUT2D eigenvalue weighted by Crippen LogP contribution is -2.47. The maximum atomic E-state index is 12.8. The van der Waals surface area contributed by atoms with Gasteiger partial charge < -0.3 is 19.9 Å². The Morgan fingerprint density at radius 1 is 1.14 bits per heavy atom. The van der Waals surface area contributed by atoms with E-state index in [0.29, 0.717) is 35.8 Å². The van der Waals surface area contributed by atoms with Gasteiger partial charge in [-0.3, -0.25) is 9.59 Å². The lowest BCUT2D eigenvalue weighted by Gasteiger charge is -2.33. The van der Waals surface area contributed by atoms with E-state index in [0.717, 1.165) is 44.5 Å². The van der Waals surface area contributed by atoms with Gasteiger partial charge in [0.25, 0.3) is 0 Å². The third-order valence-corrected chi connectivity index (χ3v) is 7.49. The highest BCUT2D eigenvalue weighted by Gasteiger charge is 2.31. The van der Waals surface area contributed by atoms with Crippen LogP contribution >= 0.6 is 11.3 Å². The summed E-state index contributed by atoms with van der Waals surface area (Å²) in [6.45, 7) is 3.14. The number of alkyl halides is 3. The number of amides is 2. The summed E-state index contributed by atoms with van der Waals surface area (Å²) in [5, 5.41) is 5.32. The van der Waals surface area contributed by atoms with Gasteiger partial charge in [0.2, 0.25) is 11.8 Å². The first-order valence-electron chi connectivity index (χ1n) is 12.2. The standard InChI is InChI=1S/C25H31F3N4O3S/c1-31-10-3-5-20(14-31)35-15-23(33)32-11-2-4-18(13-32)24(34)29-12-22-30-21(16-36-22)17-6-8-19(9-7-17)25(26,27)28/h6-9,16,18,20H,2-5,10-15H2,1H3,(H,29,34)/t18-,20-/m0/s1. The summed E-state index contributed by atoms with van der Waals surface area (Å²) in [4.78, 5) is 33.8. The molecule has 0 saturated carbocycles. The van der Waals surface area contributed by atoms with E-state index in [4.69, 9.17) is 4.74 Å². The molecule has 0 bridgehead atoms. The molecular formula is C25H31F3N4O3S. The molecule has 1 aromatic carbocycles. The highest BCUT2D eigenvalue weighted by Crippen LogP contribution is 2.31.